The Morgan fingerprint density at radius 1 is 0.568 bits per heavy atom. The Morgan fingerprint density at radius 2 is 0.919 bits per heavy atom. The first-order valence-electron chi connectivity index (χ1n) is 13.9. The summed E-state index contributed by atoms with van der Waals surface area (Å²) in [5.74, 6) is 2.00. The van der Waals surface area contributed by atoms with Crippen molar-refractivity contribution >= 4 is 33.6 Å². The van der Waals surface area contributed by atoms with Crippen LogP contribution >= 0.6 is 11.8 Å². The van der Waals surface area contributed by atoms with Gasteiger partial charge in [-0.2, -0.15) is 11.8 Å². The third-order valence-corrected chi connectivity index (χ3v) is 8.62. The van der Waals surface area contributed by atoms with E-state index in [0.717, 1.165) is 24.6 Å². The van der Waals surface area contributed by atoms with Gasteiger partial charge in [-0.25, -0.2) is 0 Å². The van der Waals surface area contributed by atoms with Crippen LogP contribution in [0.25, 0.3) is 21.8 Å². The van der Waals surface area contributed by atoms with Crippen LogP contribution in [0, 0.1) is 0 Å². The van der Waals surface area contributed by atoms with Crippen LogP contribution in [0.3, 0.4) is 0 Å². The monoisotopic (exact) mass is 518 g/mol. The molecule has 0 aliphatic carbocycles. The lowest BCUT2D eigenvalue weighted by atomic mass is 10.1. The van der Waals surface area contributed by atoms with Gasteiger partial charge in [-0.05, 0) is 78.6 Å². The second-order valence-corrected chi connectivity index (χ2v) is 12.5. The molecule has 0 atom stereocenters. The van der Waals surface area contributed by atoms with Crippen LogP contribution in [0.4, 0.5) is 0 Å². The zero-order chi connectivity index (χ0) is 26.7. The van der Waals surface area contributed by atoms with Gasteiger partial charge in [0.25, 0.3) is 0 Å². The average Bonchev–Trinajstić information content (AvgIpc) is 3.38. The quantitative estimate of drug-likeness (QED) is 0.198. The highest BCUT2D eigenvalue weighted by Gasteiger charge is 2.21. The number of hydrogen-bond acceptors (Lipinski definition) is 3. The molecule has 4 nitrogen and oxygen atoms in total. The van der Waals surface area contributed by atoms with E-state index >= 15 is 0 Å². The number of hydrogen-bond donors (Lipinski definition) is 2. The largest absolute Gasteiger partial charge is 0.357 e. The Bertz CT molecular complexity index is 1180. The van der Waals surface area contributed by atoms with Gasteiger partial charge in [-0.3, -0.25) is 9.80 Å². The lowest BCUT2D eigenvalue weighted by Crippen LogP contribution is -2.36. The van der Waals surface area contributed by atoms with E-state index in [-0.39, 0.29) is 0 Å². The van der Waals surface area contributed by atoms with E-state index in [1.54, 1.807) is 0 Å². The van der Waals surface area contributed by atoms with Gasteiger partial charge in [-0.1, -0.05) is 36.4 Å². The number of para-hydroxylation sites is 2. The Hall–Kier alpha value is -2.21. The van der Waals surface area contributed by atoms with Gasteiger partial charge in [0.15, 0.2) is 0 Å². The molecule has 0 saturated carbocycles. The molecular weight excluding hydrogens is 472 g/mol. The molecule has 0 unspecified atom stereocenters. The zero-order valence-corrected chi connectivity index (χ0v) is 24.9. The van der Waals surface area contributed by atoms with Crippen molar-refractivity contribution in [2.45, 2.75) is 104 Å². The summed E-state index contributed by atoms with van der Waals surface area (Å²) < 4.78 is 0. The summed E-state index contributed by atoms with van der Waals surface area (Å²) in [7, 11) is 0. The summed E-state index contributed by atoms with van der Waals surface area (Å²) in [6.45, 7) is 20.3. The minimum absolute atomic E-state index is 0.505. The summed E-state index contributed by atoms with van der Waals surface area (Å²) in [6.07, 6.45) is 0. The molecular formula is C32H46N4S. The molecule has 0 spiro atoms. The number of aromatic nitrogens is 2. The molecule has 0 aliphatic heterocycles. The van der Waals surface area contributed by atoms with Gasteiger partial charge in [-0.15, -0.1) is 0 Å². The van der Waals surface area contributed by atoms with Crippen molar-refractivity contribution in [1.29, 1.82) is 0 Å². The predicted molar refractivity (Wildman–Crippen MR) is 163 cm³/mol. The van der Waals surface area contributed by atoms with Gasteiger partial charge in [0.1, 0.15) is 0 Å². The summed E-state index contributed by atoms with van der Waals surface area (Å²) in [5, 5.41) is 2.73. The number of H-pyrrole nitrogens is 2. The fraction of sp³-hybridized carbons (Fsp3) is 0.500. The number of rotatable bonds is 12. The van der Waals surface area contributed by atoms with Crippen molar-refractivity contribution in [3.63, 3.8) is 0 Å². The molecule has 5 heteroatoms. The maximum Gasteiger partial charge on any atom is 0.0459 e. The third kappa shape index (κ3) is 6.27. The summed E-state index contributed by atoms with van der Waals surface area (Å²) >= 11 is 2.04. The molecule has 200 valence electrons. The fourth-order valence-corrected chi connectivity index (χ4v) is 6.82. The van der Waals surface area contributed by atoms with Gasteiger partial charge in [0.2, 0.25) is 0 Å². The van der Waals surface area contributed by atoms with E-state index in [1.807, 2.05) is 11.8 Å². The predicted octanol–water partition coefficient (Wildman–Crippen LogP) is 8.32. The number of benzene rings is 2. The van der Waals surface area contributed by atoms with Crippen LogP contribution in [0.15, 0.2) is 48.5 Å². The zero-order valence-electron chi connectivity index (χ0n) is 24.1. The highest BCUT2D eigenvalue weighted by molar-refractivity contribution is 7.97. The molecule has 37 heavy (non-hydrogen) atoms. The second kappa shape index (κ2) is 12.1. The molecule has 2 aromatic carbocycles. The maximum absolute atomic E-state index is 3.77. The van der Waals surface area contributed by atoms with Crippen LogP contribution in [-0.2, 0) is 24.6 Å². The van der Waals surface area contributed by atoms with Crippen molar-refractivity contribution in [1.82, 2.24) is 19.8 Å². The van der Waals surface area contributed by atoms with Gasteiger partial charge < -0.3 is 9.97 Å². The van der Waals surface area contributed by atoms with Crippen LogP contribution < -0.4 is 0 Å². The Labute approximate surface area is 228 Å². The fourth-order valence-electron chi connectivity index (χ4n) is 5.65. The van der Waals surface area contributed by atoms with E-state index in [4.69, 9.17) is 0 Å². The molecule has 4 aromatic rings. The van der Waals surface area contributed by atoms with E-state index in [9.17, 15) is 0 Å². The summed E-state index contributed by atoms with van der Waals surface area (Å²) in [4.78, 5) is 12.7. The number of thioether (sulfide) groups is 1. The van der Waals surface area contributed by atoms with Crippen LogP contribution in [0.1, 0.15) is 77.9 Å². The normalized spacial score (nSPS) is 12.7. The molecule has 0 radical (unpaired) electrons. The highest BCUT2D eigenvalue weighted by Crippen LogP contribution is 2.33. The summed E-state index contributed by atoms with van der Waals surface area (Å²) in [6, 6.07) is 19.6. The number of nitrogens with one attached hydrogen (secondary N) is 2. The van der Waals surface area contributed by atoms with Crippen molar-refractivity contribution in [2.75, 3.05) is 0 Å². The minimum atomic E-state index is 0.505. The number of nitrogens with zero attached hydrogens (tertiary/aromatic N) is 2. The minimum Gasteiger partial charge on any atom is -0.357 e. The first-order chi connectivity index (χ1) is 17.7. The van der Waals surface area contributed by atoms with Crippen molar-refractivity contribution < 1.29 is 0 Å². The standard InChI is InChI=1S/C32H46N4S/c1-21(2)35(22(3)4)17-31-27(25-13-9-11-15-29(25)33-31)19-37-20-28-26-14-10-12-16-30(26)34-32(28)18-36(23(5)6)24(7)8/h9-16,21-24,33-34H,17-20H2,1-8H3. The van der Waals surface area contributed by atoms with E-state index in [1.165, 1.54) is 44.3 Å². The molecule has 0 aliphatic rings. The van der Waals surface area contributed by atoms with Crippen molar-refractivity contribution in [2.24, 2.45) is 0 Å². The third-order valence-electron chi connectivity index (χ3n) is 7.63. The first-order valence-corrected chi connectivity index (χ1v) is 15.1. The molecule has 4 rings (SSSR count). The first kappa shape index (κ1) is 27.8. The SMILES string of the molecule is CC(C)N(Cc1[nH]c2ccccc2c1CSCc1c(CN(C(C)C)C(C)C)[nH]c2ccccc12)C(C)C. The Morgan fingerprint density at radius 3 is 1.27 bits per heavy atom. The highest BCUT2D eigenvalue weighted by atomic mass is 32.2. The molecule has 2 N–H and O–H groups in total. The maximum atomic E-state index is 3.77. The van der Waals surface area contributed by atoms with E-state index in [0.29, 0.717) is 24.2 Å². The number of fused-ring (bicyclic) bond motifs is 2. The molecule has 0 amide bonds. The van der Waals surface area contributed by atoms with Crippen LogP contribution in [-0.4, -0.2) is 43.9 Å². The molecule has 0 bridgehead atoms. The smallest absolute Gasteiger partial charge is 0.0459 e. The second-order valence-electron chi connectivity index (χ2n) is 11.5. The van der Waals surface area contributed by atoms with Crippen molar-refractivity contribution in [3.8, 4) is 0 Å². The van der Waals surface area contributed by atoms with Crippen LogP contribution in [0.2, 0.25) is 0 Å². The van der Waals surface area contributed by atoms with Gasteiger partial charge in [0.05, 0.1) is 0 Å². The van der Waals surface area contributed by atoms with E-state index < -0.39 is 0 Å². The lowest BCUT2D eigenvalue weighted by Gasteiger charge is -2.30. The van der Waals surface area contributed by atoms with Gasteiger partial charge >= 0.3 is 0 Å². The van der Waals surface area contributed by atoms with Crippen molar-refractivity contribution in [3.05, 3.63) is 71.0 Å². The topological polar surface area (TPSA) is 38.1 Å². The molecule has 0 saturated heterocycles. The Balaban J connectivity index is 1.61. The van der Waals surface area contributed by atoms with Crippen LogP contribution in [0.5, 0.6) is 0 Å². The molecule has 2 aromatic heterocycles. The lowest BCUT2D eigenvalue weighted by molar-refractivity contribution is 0.164. The molecule has 0 fully saturated rings. The van der Waals surface area contributed by atoms with Gasteiger partial charge in [0, 0.05) is 82.0 Å². The Kier molecular flexibility index (Phi) is 9.10. The van der Waals surface area contributed by atoms with E-state index in [2.05, 4.69) is 124 Å². The molecule has 2 heterocycles. The summed E-state index contributed by atoms with van der Waals surface area (Å²) in [5.41, 5.74) is 8.14. The number of aromatic amines is 2. The average molecular weight is 519 g/mol.